The maximum absolute atomic E-state index is 12.6. The van der Waals surface area contributed by atoms with Gasteiger partial charge in [0, 0.05) is 38.8 Å². The van der Waals surface area contributed by atoms with Gasteiger partial charge in [-0.3, -0.25) is 0 Å². The summed E-state index contributed by atoms with van der Waals surface area (Å²) in [5.41, 5.74) is 5.28. The summed E-state index contributed by atoms with van der Waals surface area (Å²) in [4.78, 5) is 28.7. The number of carbonyl (C=O) groups excluding carboxylic acids is 2. The van der Waals surface area contributed by atoms with Crippen molar-refractivity contribution in [1.29, 1.82) is 0 Å². The first-order valence-corrected chi connectivity index (χ1v) is 11.4. The summed E-state index contributed by atoms with van der Waals surface area (Å²) >= 11 is 0. The molecule has 1 saturated carbocycles. The third-order valence-electron chi connectivity index (χ3n) is 7.15. The second-order valence-electron chi connectivity index (χ2n) is 9.30. The SMILES string of the molecule is [CH]=C=CC(C)(C=C)OC(=O)N1C[C@@H]2C(CCNC(=O)N3Cc4ccc(CC)cc4C3)[C@@H]2C1. The molecule has 2 fully saturated rings. The van der Waals surface area contributed by atoms with Gasteiger partial charge in [0.25, 0.3) is 0 Å². The molecule has 1 aliphatic carbocycles. The molecule has 32 heavy (non-hydrogen) atoms. The van der Waals surface area contributed by atoms with Crippen molar-refractivity contribution in [1.82, 2.24) is 15.1 Å². The van der Waals surface area contributed by atoms with Gasteiger partial charge < -0.3 is 19.9 Å². The van der Waals surface area contributed by atoms with E-state index in [1.807, 2.05) is 4.90 Å². The number of piperidine rings is 1. The Kier molecular flexibility index (Phi) is 6.16. The number of amides is 3. The Bertz CT molecular complexity index is 955. The number of fused-ring (bicyclic) bond motifs is 2. The number of ether oxygens (including phenoxy) is 1. The van der Waals surface area contributed by atoms with Gasteiger partial charge in [-0.05, 0) is 66.9 Å². The van der Waals surface area contributed by atoms with E-state index >= 15 is 0 Å². The van der Waals surface area contributed by atoms with Crippen LogP contribution < -0.4 is 5.32 Å². The molecule has 1 aromatic rings. The molecule has 6 nitrogen and oxygen atoms in total. The fourth-order valence-electron chi connectivity index (χ4n) is 5.04. The van der Waals surface area contributed by atoms with E-state index in [1.165, 1.54) is 28.8 Å². The van der Waals surface area contributed by atoms with Crippen molar-refractivity contribution in [3.8, 4) is 0 Å². The first kappa shape index (κ1) is 22.2. The van der Waals surface area contributed by atoms with E-state index in [-0.39, 0.29) is 12.1 Å². The first-order chi connectivity index (χ1) is 15.4. The maximum atomic E-state index is 12.6. The predicted molar refractivity (Wildman–Crippen MR) is 123 cm³/mol. The molecule has 2 heterocycles. The van der Waals surface area contributed by atoms with Crippen molar-refractivity contribution >= 4 is 12.1 Å². The van der Waals surface area contributed by atoms with Crippen LogP contribution in [0.2, 0.25) is 0 Å². The number of urea groups is 1. The van der Waals surface area contributed by atoms with Gasteiger partial charge in [0.1, 0.15) is 0 Å². The highest BCUT2D eigenvalue weighted by Crippen LogP contribution is 2.53. The molecule has 1 saturated heterocycles. The molecular weight excluding hydrogens is 402 g/mol. The van der Waals surface area contributed by atoms with Gasteiger partial charge in [0.2, 0.25) is 0 Å². The first-order valence-electron chi connectivity index (χ1n) is 11.4. The highest BCUT2D eigenvalue weighted by Gasteiger charge is 2.56. The van der Waals surface area contributed by atoms with Gasteiger partial charge in [-0.1, -0.05) is 31.7 Å². The predicted octanol–water partition coefficient (Wildman–Crippen LogP) is 4.07. The molecular formula is C26H32N3O3. The number of carbonyl (C=O) groups is 2. The molecule has 2 unspecified atom stereocenters. The molecule has 0 aromatic heterocycles. The fraction of sp³-hybridized carbons (Fsp3) is 0.500. The smallest absolute Gasteiger partial charge is 0.410 e. The summed E-state index contributed by atoms with van der Waals surface area (Å²) < 4.78 is 5.53. The summed E-state index contributed by atoms with van der Waals surface area (Å²) in [6, 6.07) is 6.51. The van der Waals surface area contributed by atoms with E-state index in [1.54, 1.807) is 11.8 Å². The second-order valence-corrected chi connectivity index (χ2v) is 9.30. The van der Waals surface area contributed by atoms with Gasteiger partial charge in [-0.2, -0.15) is 0 Å². The monoisotopic (exact) mass is 434 g/mol. The van der Waals surface area contributed by atoms with Crippen LogP contribution in [0.25, 0.3) is 0 Å². The van der Waals surface area contributed by atoms with Gasteiger partial charge in [0.15, 0.2) is 5.60 Å². The van der Waals surface area contributed by atoms with Crippen LogP contribution in [0.4, 0.5) is 9.59 Å². The van der Waals surface area contributed by atoms with Crippen molar-refractivity contribution in [2.75, 3.05) is 19.6 Å². The Balaban J connectivity index is 1.17. The third-order valence-corrected chi connectivity index (χ3v) is 7.15. The van der Waals surface area contributed by atoms with E-state index in [9.17, 15) is 9.59 Å². The summed E-state index contributed by atoms with van der Waals surface area (Å²) in [6.45, 7) is 16.3. The quantitative estimate of drug-likeness (QED) is 0.520. The normalized spacial score (nSPS) is 24.6. The number of hydrogen-bond acceptors (Lipinski definition) is 3. The minimum atomic E-state index is -0.949. The Morgan fingerprint density at radius 2 is 2.00 bits per heavy atom. The zero-order chi connectivity index (χ0) is 22.9. The zero-order valence-corrected chi connectivity index (χ0v) is 19.0. The molecule has 1 N–H and O–H groups in total. The number of aryl methyl sites for hydroxylation is 1. The van der Waals surface area contributed by atoms with Crippen LogP contribution in [-0.2, 0) is 24.2 Å². The van der Waals surface area contributed by atoms with E-state index in [2.05, 4.69) is 42.7 Å². The molecule has 2 aliphatic heterocycles. The highest BCUT2D eigenvalue weighted by atomic mass is 16.6. The molecule has 4 rings (SSSR count). The molecule has 0 bridgehead atoms. The molecule has 3 aliphatic rings. The fourth-order valence-corrected chi connectivity index (χ4v) is 5.04. The van der Waals surface area contributed by atoms with Crippen LogP contribution in [0.15, 0.2) is 42.7 Å². The number of likely N-dealkylation sites (tertiary alicyclic amines) is 1. The van der Waals surface area contributed by atoms with Crippen LogP contribution in [0.5, 0.6) is 0 Å². The lowest BCUT2D eigenvalue weighted by molar-refractivity contribution is 0.0573. The third kappa shape index (κ3) is 4.46. The number of nitrogens with zero attached hydrogens (tertiary/aromatic N) is 2. The number of hydrogen-bond donors (Lipinski definition) is 1. The van der Waals surface area contributed by atoms with E-state index < -0.39 is 5.60 Å². The topological polar surface area (TPSA) is 61.9 Å². The summed E-state index contributed by atoms with van der Waals surface area (Å²) in [6.07, 6.45) is 4.63. The Labute approximate surface area is 190 Å². The van der Waals surface area contributed by atoms with Crippen molar-refractivity contribution in [3.63, 3.8) is 0 Å². The molecule has 1 aromatic carbocycles. The Morgan fingerprint density at radius 1 is 1.28 bits per heavy atom. The molecule has 169 valence electrons. The van der Waals surface area contributed by atoms with Gasteiger partial charge in [-0.15, -0.1) is 5.73 Å². The highest BCUT2D eigenvalue weighted by molar-refractivity contribution is 5.75. The average molecular weight is 435 g/mol. The number of nitrogens with one attached hydrogen (secondary N) is 1. The lowest BCUT2D eigenvalue weighted by Gasteiger charge is -2.26. The van der Waals surface area contributed by atoms with Crippen LogP contribution in [0.1, 0.15) is 37.0 Å². The molecule has 3 amide bonds. The van der Waals surface area contributed by atoms with Gasteiger partial charge in [0.05, 0.1) is 0 Å². The standard InChI is InChI=1S/C26H32N3O3/c1-5-11-26(4,7-3)32-25(31)29-16-22-21(23(22)17-29)10-12-27-24(30)28-14-19-9-8-18(6-2)13-20(19)15-28/h1,7-9,11,13,21-23H,3,6,10,12,14-17H2,2,4H3,(H,27,30)/t5?,21?,22-,23+,26?. The lowest BCUT2D eigenvalue weighted by Crippen LogP contribution is -2.39. The maximum Gasteiger partial charge on any atom is 0.410 e. The lowest BCUT2D eigenvalue weighted by atomic mass is 10.1. The number of rotatable bonds is 7. The minimum Gasteiger partial charge on any atom is -0.434 e. The summed E-state index contributed by atoms with van der Waals surface area (Å²) in [7, 11) is 0. The Morgan fingerprint density at radius 3 is 2.66 bits per heavy atom. The van der Waals surface area contributed by atoms with Crippen LogP contribution in [0, 0.1) is 24.3 Å². The molecule has 1 radical (unpaired) electrons. The van der Waals surface area contributed by atoms with E-state index in [0.29, 0.717) is 50.5 Å². The van der Waals surface area contributed by atoms with Crippen LogP contribution >= 0.6 is 0 Å². The van der Waals surface area contributed by atoms with Crippen molar-refractivity contribution in [2.45, 2.75) is 45.4 Å². The van der Waals surface area contributed by atoms with Crippen molar-refractivity contribution in [2.24, 2.45) is 17.8 Å². The van der Waals surface area contributed by atoms with Gasteiger partial charge >= 0.3 is 12.1 Å². The van der Waals surface area contributed by atoms with Crippen LogP contribution in [-0.4, -0.2) is 47.2 Å². The van der Waals surface area contributed by atoms with E-state index in [4.69, 9.17) is 11.3 Å². The minimum absolute atomic E-state index is 0.00346. The van der Waals surface area contributed by atoms with Crippen molar-refractivity contribution < 1.29 is 14.3 Å². The summed E-state index contributed by atoms with van der Waals surface area (Å²) in [5.74, 6) is 1.55. The molecule has 4 atom stereocenters. The number of benzene rings is 1. The largest absolute Gasteiger partial charge is 0.434 e. The second kappa shape index (κ2) is 8.87. The Hall–Kier alpha value is -2.98. The van der Waals surface area contributed by atoms with Gasteiger partial charge in [-0.25, -0.2) is 9.59 Å². The van der Waals surface area contributed by atoms with Crippen molar-refractivity contribution in [3.05, 3.63) is 65.9 Å². The zero-order valence-electron chi connectivity index (χ0n) is 19.0. The summed E-state index contributed by atoms with van der Waals surface area (Å²) in [5, 5.41) is 3.08. The molecule has 0 spiro atoms. The van der Waals surface area contributed by atoms with Crippen LogP contribution in [0.3, 0.4) is 0 Å². The average Bonchev–Trinajstić information content (AvgIpc) is 3.14. The molecule has 6 heteroatoms. The van der Waals surface area contributed by atoms with E-state index in [0.717, 1.165) is 12.8 Å².